The smallest absolute Gasteiger partial charge is 0.317 e. The molecular formula is C37H56N4O3S2. The van der Waals surface area contributed by atoms with Crippen LogP contribution in [0.3, 0.4) is 0 Å². The van der Waals surface area contributed by atoms with Gasteiger partial charge in [0.15, 0.2) is 15.0 Å². The van der Waals surface area contributed by atoms with Crippen molar-refractivity contribution in [3.05, 3.63) is 54.6 Å². The molecule has 1 aromatic heterocycles. The van der Waals surface area contributed by atoms with Gasteiger partial charge in [-0.2, -0.15) is 0 Å². The van der Waals surface area contributed by atoms with Gasteiger partial charge in [-0.3, -0.25) is 0 Å². The molecule has 254 valence electrons. The number of imidazole rings is 1. The van der Waals surface area contributed by atoms with Gasteiger partial charge in [0.1, 0.15) is 0 Å². The predicted octanol–water partition coefficient (Wildman–Crippen LogP) is 9.75. The van der Waals surface area contributed by atoms with Crippen molar-refractivity contribution in [1.82, 2.24) is 20.2 Å². The van der Waals surface area contributed by atoms with Crippen molar-refractivity contribution >= 4 is 27.6 Å². The van der Waals surface area contributed by atoms with E-state index >= 15 is 0 Å². The Morgan fingerprint density at radius 2 is 1.35 bits per heavy atom. The Morgan fingerprint density at radius 3 is 1.96 bits per heavy atom. The minimum absolute atomic E-state index is 0.0968. The molecule has 0 unspecified atom stereocenters. The molecule has 0 atom stereocenters. The van der Waals surface area contributed by atoms with Gasteiger partial charge in [0, 0.05) is 42.8 Å². The van der Waals surface area contributed by atoms with Crippen LogP contribution in [0.25, 0.3) is 22.5 Å². The van der Waals surface area contributed by atoms with Crippen molar-refractivity contribution in [2.45, 2.75) is 114 Å². The number of sulfone groups is 1. The number of carbonyl (C=O) groups excluding carboxylic acids is 1. The molecule has 0 radical (unpaired) electrons. The zero-order chi connectivity index (χ0) is 33.0. The molecule has 2 amide bonds. The fraction of sp³-hybridized carbons (Fsp3) is 0.568. The van der Waals surface area contributed by atoms with Gasteiger partial charge in [0.2, 0.25) is 0 Å². The third-order valence-electron chi connectivity index (χ3n) is 8.24. The predicted molar refractivity (Wildman–Crippen MR) is 194 cm³/mol. The Bertz CT molecular complexity index is 1380. The number of thioether (sulfide) groups is 1. The van der Waals surface area contributed by atoms with Crippen LogP contribution >= 0.6 is 11.8 Å². The number of carbonyl (C=O) groups is 1. The third kappa shape index (κ3) is 13.5. The monoisotopic (exact) mass is 668 g/mol. The van der Waals surface area contributed by atoms with Crippen LogP contribution in [0.4, 0.5) is 4.79 Å². The zero-order valence-corrected chi connectivity index (χ0v) is 30.0. The molecule has 0 aliphatic heterocycles. The zero-order valence-electron chi connectivity index (χ0n) is 28.4. The van der Waals surface area contributed by atoms with Crippen LogP contribution in [0, 0.1) is 0 Å². The topological polar surface area (TPSA) is 95.2 Å². The summed E-state index contributed by atoms with van der Waals surface area (Å²) >= 11 is 1.69. The van der Waals surface area contributed by atoms with E-state index in [1.165, 1.54) is 64.0 Å². The maximum absolute atomic E-state index is 13.0. The summed E-state index contributed by atoms with van der Waals surface area (Å²) in [7, 11) is -3.26. The summed E-state index contributed by atoms with van der Waals surface area (Å²) in [5.74, 6) is 0.921. The average Bonchev–Trinajstić information content (AvgIpc) is 3.49. The summed E-state index contributed by atoms with van der Waals surface area (Å²) in [6.07, 6.45) is 17.7. The van der Waals surface area contributed by atoms with Gasteiger partial charge in [0.05, 0.1) is 16.3 Å². The van der Waals surface area contributed by atoms with Gasteiger partial charge >= 0.3 is 6.03 Å². The number of urea groups is 1. The van der Waals surface area contributed by atoms with E-state index in [1.54, 1.807) is 23.9 Å². The largest absolute Gasteiger partial charge is 0.338 e. The first-order valence-electron chi connectivity index (χ1n) is 17.4. The van der Waals surface area contributed by atoms with E-state index in [1.807, 2.05) is 42.5 Å². The van der Waals surface area contributed by atoms with Crippen molar-refractivity contribution in [3.63, 3.8) is 0 Å². The van der Waals surface area contributed by atoms with Crippen LogP contribution in [0.1, 0.15) is 104 Å². The Kier molecular flexibility index (Phi) is 17.3. The number of aromatic amines is 1. The molecule has 0 saturated heterocycles. The van der Waals surface area contributed by atoms with E-state index in [4.69, 9.17) is 4.98 Å². The second kappa shape index (κ2) is 21.2. The van der Waals surface area contributed by atoms with Gasteiger partial charge in [-0.15, -0.1) is 0 Å². The molecule has 7 nitrogen and oxygen atoms in total. The number of aromatic nitrogens is 2. The van der Waals surface area contributed by atoms with Crippen LogP contribution < -0.4 is 5.32 Å². The number of benzene rings is 2. The highest BCUT2D eigenvalue weighted by molar-refractivity contribution is 7.99. The maximum atomic E-state index is 13.0. The molecule has 3 aromatic rings. The first-order valence-corrected chi connectivity index (χ1v) is 20.3. The molecule has 0 fully saturated rings. The summed E-state index contributed by atoms with van der Waals surface area (Å²) < 4.78 is 23.9. The lowest BCUT2D eigenvalue weighted by molar-refractivity contribution is 0.195. The molecule has 9 heteroatoms. The fourth-order valence-corrected chi connectivity index (χ4v) is 6.99. The highest BCUT2D eigenvalue weighted by Crippen LogP contribution is 2.33. The fourth-order valence-electron chi connectivity index (χ4n) is 5.49. The summed E-state index contributed by atoms with van der Waals surface area (Å²) in [5, 5.41) is 4.03. The first-order chi connectivity index (χ1) is 22.3. The van der Waals surface area contributed by atoms with Crippen molar-refractivity contribution in [2.75, 3.05) is 31.6 Å². The number of hydrogen-bond acceptors (Lipinski definition) is 5. The van der Waals surface area contributed by atoms with Gasteiger partial charge in [0.25, 0.3) is 0 Å². The summed E-state index contributed by atoms with van der Waals surface area (Å²) in [6, 6.07) is 17.1. The van der Waals surface area contributed by atoms with Crippen molar-refractivity contribution < 1.29 is 13.2 Å². The standard InChI is InChI=1S/C37H56N4O3S2/c1-4-6-8-10-12-19-29-41(28-18-11-9-7-5-2)37(42)38-27-17-14-20-30-45-36-39-34(31-21-15-13-16-22-31)35(40-36)32-23-25-33(26-24-32)46(3,43)44/h13,15-16,21-26H,4-12,14,17-20,27-30H2,1-3H3,(H,38,42)(H,39,40). The van der Waals surface area contributed by atoms with E-state index in [0.29, 0.717) is 11.4 Å². The summed E-state index contributed by atoms with van der Waals surface area (Å²) in [5.41, 5.74) is 3.64. The van der Waals surface area contributed by atoms with Crippen molar-refractivity contribution in [1.29, 1.82) is 0 Å². The minimum atomic E-state index is -3.26. The second-order valence-corrected chi connectivity index (χ2v) is 15.3. The molecule has 0 bridgehead atoms. The molecule has 0 spiro atoms. The number of nitrogens with zero attached hydrogens (tertiary/aromatic N) is 2. The van der Waals surface area contributed by atoms with Gasteiger partial charge in [-0.05, 0) is 37.8 Å². The van der Waals surface area contributed by atoms with Crippen LogP contribution in [-0.2, 0) is 9.84 Å². The van der Waals surface area contributed by atoms with Crippen LogP contribution in [0.15, 0.2) is 64.6 Å². The molecule has 1 heterocycles. The number of hydrogen-bond donors (Lipinski definition) is 2. The first kappa shape index (κ1) is 37.7. The molecule has 0 saturated carbocycles. The van der Waals surface area contributed by atoms with Crippen LogP contribution in [0.5, 0.6) is 0 Å². The highest BCUT2D eigenvalue weighted by atomic mass is 32.2. The summed E-state index contributed by atoms with van der Waals surface area (Å²) in [4.78, 5) is 23.8. The SMILES string of the molecule is CCCCCCCCN(CCCCCCC)C(=O)NCCCCCSc1nc(-c2ccccc2)c(-c2ccc(S(C)(=O)=O)cc2)[nH]1. The van der Waals surface area contributed by atoms with Gasteiger partial charge in [-0.1, -0.05) is 132 Å². The van der Waals surface area contributed by atoms with E-state index < -0.39 is 9.84 Å². The number of H-pyrrole nitrogens is 1. The lowest BCUT2D eigenvalue weighted by atomic mass is 10.1. The van der Waals surface area contributed by atoms with E-state index in [-0.39, 0.29) is 6.03 Å². The number of amides is 2. The van der Waals surface area contributed by atoms with Crippen molar-refractivity contribution in [3.8, 4) is 22.5 Å². The normalized spacial score (nSPS) is 11.5. The molecule has 0 aliphatic carbocycles. The Balaban J connectivity index is 1.46. The maximum Gasteiger partial charge on any atom is 0.317 e. The Hall–Kier alpha value is -2.78. The minimum Gasteiger partial charge on any atom is -0.338 e. The molecule has 46 heavy (non-hydrogen) atoms. The van der Waals surface area contributed by atoms with Gasteiger partial charge in [-0.25, -0.2) is 18.2 Å². The lowest BCUT2D eigenvalue weighted by Crippen LogP contribution is -2.41. The second-order valence-electron chi connectivity index (χ2n) is 12.2. The number of unbranched alkanes of at least 4 members (excludes halogenated alkanes) is 11. The molecule has 2 aromatic carbocycles. The van der Waals surface area contributed by atoms with Crippen LogP contribution in [-0.4, -0.2) is 61.0 Å². The quantitative estimate of drug-likeness (QED) is 0.0775. The molecule has 2 N–H and O–H groups in total. The number of rotatable bonds is 23. The van der Waals surface area contributed by atoms with E-state index in [2.05, 4.69) is 29.0 Å². The molecular weight excluding hydrogens is 613 g/mol. The third-order valence-corrected chi connectivity index (χ3v) is 10.3. The lowest BCUT2D eigenvalue weighted by Gasteiger charge is -2.23. The van der Waals surface area contributed by atoms with E-state index in [0.717, 1.165) is 78.6 Å². The molecule has 0 aliphatic rings. The molecule has 3 rings (SSSR count). The highest BCUT2D eigenvalue weighted by Gasteiger charge is 2.16. The average molecular weight is 669 g/mol. The van der Waals surface area contributed by atoms with Gasteiger partial charge < -0.3 is 15.2 Å². The Labute approximate surface area is 282 Å². The van der Waals surface area contributed by atoms with Crippen LogP contribution in [0.2, 0.25) is 0 Å². The number of nitrogens with one attached hydrogen (secondary N) is 2. The van der Waals surface area contributed by atoms with Crippen molar-refractivity contribution in [2.24, 2.45) is 0 Å². The van der Waals surface area contributed by atoms with E-state index in [9.17, 15) is 13.2 Å². The Morgan fingerprint density at radius 1 is 0.761 bits per heavy atom. The summed E-state index contributed by atoms with van der Waals surface area (Å²) in [6.45, 7) is 6.91.